The Bertz CT molecular complexity index is 310. The molecule has 3 atom stereocenters. The Morgan fingerprint density at radius 3 is 2.68 bits per heavy atom. The number of hydrogen-bond acceptors (Lipinski definition) is 2. The van der Waals surface area contributed by atoms with Gasteiger partial charge in [-0.1, -0.05) is 33.1 Å². The lowest BCUT2D eigenvalue weighted by molar-refractivity contribution is -0.144. The molecule has 3 nitrogen and oxygen atoms in total. The number of amides is 1. The van der Waals surface area contributed by atoms with Crippen molar-refractivity contribution in [3.05, 3.63) is 0 Å². The molecule has 110 valence electrons. The molecule has 0 aromatic carbocycles. The summed E-state index contributed by atoms with van der Waals surface area (Å²) < 4.78 is 0. The Kier molecular flexibility index (Phi) is 4.88. The van der Waals surface area contributed by atoms with Crippen molar-refractivity contribution in [2.75, 3.05) is 20.1 Å². The molecule has 1 N–H and O–H groups in total. The van der Waals surface area contributed by atoms with E-state index in [0.29, 0.717) is 17.9 Å². The van der Waals surface area contributed by atoms with Crippen LogP contribution < -0.4 is 5.32 Å². The van der Waals surface area contributed by atoms with E-state index in [4.69, 9.17) is 0 Å². The first-order chi connectivity index (χ1) is 9.10. The van der Waals surface area contributed by atoms with Crippen molar-refractivity contribution < 1.29 is 4.79 Å². The van der Waals surface area contributed by atoms with E-state index in [-0.39, 0.29) is 5.41 Å². The lowest BCUT2D eigenvalue weighted by atomic mass is 9.79. The molecule has 2 aliphatic rings. The maximum absolute atomic E-state index is 13.0. The SMILES string of the molecule is CCCC1(C(=O)N(C)C2CCCCC2C)CCNC1. The fourth-order valence-corrected chi connectivity index (χ4v) is 4.12. The highest BCUT2D eigenvalue weighted by Crippen LogP contribution is 2.36. The average molecular weight is 266 g/mol. The van der Waals surface area contributed by atoms with Crippen LogP contribution in [-0.2, 0) is 4.79 Å². The Labute approximate surface area is 118 Å². The van der Waals surface area contributed by atoms with Crippen molar-refractivity contribution in [1.29, 1.82) is 0 Å². The lowest BCUT2D eigenvalue weighted by Gasteiger charge is -2.40. The number of nitrogens with zero attached hydrogens (tertiary/aromatic N) is 1. The lowest BCUT2D eigenvalue weighted by Crippen LogP contribution is -2.50. The van der Waals surface area contributed by atoms with Gasteiger partial charge in [-0.05, 0) is 38.1 Å². The minimum atomic E-state index is -0.110. The molecule has 1 saturated heterocycles. The molecule has 0 aromatic heterocycles. The first-order valence-electron chi connectivity index (χ1n) is 8.09. The van der Waals surface area contributed by atoms with E-state index in [1.807, 2.05) is 7.05 Å². The van der Waals surface area contributed by atoms with Crippen molar-refractivity contribution in [3.8, 4) is 0 Å². The van der Waals surface area contributed by atoms with E-state index in [9.17, 15) is 4.79 Å². The molecule has 1 saturated carbocycles. The molecule has 0 spiro atoms. The van der Waals surface area contributed by atoms with E-state index >= 15 is 0 Å². The smallest absolute Gasteiger partial charge is 0.230 e. The van der Waals surface area contributed by atoms with E-state index in [2.05, 4.69) is 24.1 Å². The molecule has 2 rings (SSSR count). The Morgan fingerprint density at radius 2 is 2.11 bits per heavy atom. The molecule has 1 aliphatic carbocycles. The number of rotatable bonds is 4. The molecule has 2 fully saturated rings. The van der Waals surface area contributed by atoms with E-state index in [1.54, 1.807) is 0 Å². The van der Waals surface area contributed by atoms with Gasteiger partial charge in [0.15, 0.2) is 0 Å². The summed E-state index contributed by atoms with van der Waals surface area (Å²) >= 11 is 0. The second-order valence-corrected chi connectivity index (χ2v) is 6.70. The molecule has 19 heavy (non-hydrogen) atoms. The van der Waals surface area contributed by atoms with Gasteiger partial charge in [-0.3, -0.25) is 4.79 Å². The van der Waals surface area contributed by atoms with Gasteiger partial charge in [-0.2, -0.15) is 0 Å². The van der Waals surface area contributed by atoms with Gasteiger partial charge in [0.2, 0.25) is 5.91 Å². The quantitative estimate of drug-likeness (QED) is 0.848. The molecular weight excluding hydrogens is 236 g/mol. The molecule has 1 amide bonds. The first-order valence-corrected chi connectivity index (χ1v) is 8.09. The second-order valence-electron chi connectivity index (χ2n) is 6.70. The third kappa shape index (κ3) is 2.96. The highest BCUT2D eigenvalue weighted by atomic mass is 16.2. The molecule has 0 radical (unpaired) electrons. The van der Waals surface area contributed by atoms with Gasteiger partial charge in [0.05, 0.1) is 5.41 Å². The molecule has 3 unspecified atom stereocenters. The Balaban J connectivity index is 2.08. The van der Waals surface area contributed by atoms with Crippen molar-refractivity contribution in [2.45, 2.75) is 64.8 Å². The number of carbonyl (C=O) groups excluding carboxylic acids is 1. The van der Waals surface area contributed by atoms with Crippen molar-refractivity contribution in [3.63, 3.8) is 0 Å². The predicted octanol–water partition coefficient (Wildman–Crippen LogP) is 2.80. The Hall–Kier alpha value is -0.570. The van der Waals surface area contributed by atoms with Gasteiger partial charge in [0, 0.05) is 19.6 Å². The molecule has 0 bridgehead atoms. The second kappa shape index (κ2) is 6.25. The fraction of sp³-hybridized carbons (Fsp3) is 0.938. The van der Waals surface area contributed by atoms with Crippen molar-refractivity contribution >= 4 is 5.91 Å². The molecule has 1 heterocycles. The monoisotopic (exact) mass is 266 g/mol. The maximum Gasteiger partial charge on any atom is 0.230 e. The van der Waals surface area contributed by atoms with Crippen LogP contribution in [0.25, 0.3) is 0 Å². The van der Waals surface area contributed by atoms with Crippen molar-refractivity contribution in [1.82, 2.24) is 10.2 Å². The largest absolute Gasteiger partial charge is 0.342 e. The maximum atomic E-state index is 13.0. The van der Waals surface area contributed by atoms with Gasteiger partial charge in [-0.15, -0.1) is 0 Å². The number of carbonyl (C=O) groups is 1. The summed E-state index contributed by atoms with van der Waals surface area (Å²) in [6, 6.07) is 0.468. The van der Waals surface area contributed by atoms with Gasteiger partial charge in [0.25, 0.3) is 0 Å². The summed E-state index contributed by atoms with van der Waals surface area (Å²) in [5, 5.41) is 3.40. The predicted molar refractivity (Wildman–Crippen MR) is 79.0 cm³/mol. The van der Waals surface area contributed by atoms with E-state index in [1.165, 1.54) is 25.7 Å². The average Bonchev–Trinajstić information content (AvgIpc) is 2.88. The van der Waals surface area contributed by atoms with Crippen LogP contribution >= 0.6 is 0 Å². The van der Waals surface area contributed by atoms with Crippen LogP contribution in [0.5, 0.6) is 0 Å². The molecule has 0 aromatic rings. The standard InChI is InChI=1S/C16H30N2O/c1-4-9-16(10-11-17-12-16)15(19)18(3)14-8-6-5-7-13(14)2/h13-14,17H,4-12H2,1-3H3. The normalized spacial score (nSPS) is 35.3. The van der Waals surface area contributed by atoms with E-state index < -0.39 is 0 Å². The molecule has 1 aliphatic heterocycles. The van der Waals surface area contributed by atoms with Crippen LogP contribution in [0.3, 0.4) is 0 Å². The summed E-state index contributed by atoms with van der Waals surface area (Å²) in [7, 11) is 2.05. The third-order valence-corrected chi connectivity index (χ3v) is 5.31. The van der Waals surface area contributed by atoms with Crippen LogP contribution in [0.4, 0.5) is 0 Å². The zero-order valence-electron chi connectivity index (χ0n) is 12.9. The van der Waals surface area contributed by atoms with Crippen LogP contribution in [0.2, 0.25) is 0 Å². The highest BCUT2D eigenvalue weighted by Gasteiger charge is 2.44. The minimum absolute atomic E-state index is 0.110. The zero-order chi connectivity index (χ0) is 13.9. The topological polar surface area (TPSA) is 32.3 Å². The number of nitrogens with one attached hydrogen (secondary N) is 1. The third-order valence-electron chi connectivity index (χ3n) is 5.31. The summed E-state index contributed by atoms with van der Waals surface area (Å²) in [4.78, 5) is 15.1. The molecule has 3 heteroatoms. The fourth-order valence-electron chi connectivity index (χ4n) is 4.12. The van der Waals surface area contributed by atoms with Gasteiger partial charge in [-0.25, -0.2) is 0 Å². The minimum Gasteiger partial charge on any atom is -0.342 e. The van der Waals surface area contributed by atoms with Gasteiger partial charge in [0.1, 0.15) is 0 Å². The van der Waals surface area contributed by atoms with Gasteiger partial charge >= 0.3 is 0 Å². The highest BCUT2D eigenvalue weighted by molar-refractivity contribution is 5.83. The van der Waals surface area contributed by atoms with Crippen LogP contribution in [0.1, 0.15) is 58.8 Å². The van der Waals surface area contributed by atoms with Crippen LogP contribution in [-0.4, -0.2) is 37.0 Å². The summed E-state index contributed by atoms with van der Waals surface area (Å²) in [6.45, 7) is 6.38. The number of hydrogen-bond donors (Lipinski definition) is 1. The summed E-state index contributed by atoms with van der Waals surface area (Å²) in [5.74, 6) is 1.06. The van der Waals surface area contributed by atoms with Crippen LogP contribution in [0, 0.1) is 11.3 Å². The van der Waals surface area contributed by atoms with Gasteiger partial charge < -0.3 is 10.2 Å². The van der Waals surface area contributed by atoms with Crippen molar-refractivity contribution in [2.24, 2.45) is 11.3 Å². The summed E-state index contributed by atoms with van der Waals surface area (Å²) in [6.07, 6.45) is 8.24. The van der Waals surface area contributed by atoms with E-state index in [0.717, 1.165) is 32.4 Å². The summed E-state index contributed by atoms with van der Waals surface area (Å²) in [5.41, 5.74) is -0.110. The van der Waals surface area contributed by atoms with Crippen LogP contribution in [0.15, 0.2) is 0 Å². The Morgan fingerprint density at radius 1 is 1.37 bits per heavy atom. The molecular formula is C16H30N2O. The zero-order valence-corrected chi connectivity index (χ0v) is 12.9. The first kappa shape index (κ1) is 14.8.